The van der Waals surface area contributed by atoms with Crippen LogP contribution in [0.15, 0.2) is 83.8 Å². The summed E-state index contributed by atoms with van der Waals surface area (Å²) in [7, 11) is 0. The van der Waals surface area contributed by atoms with Gasteiger partial charge < -0.3 is 14.2 Å². The van der Waals surface area contributed by atoms with Crippen LogP contribution in [0.25, 0.3) is 16.8 Å². The lowest BCUT2D eigenvalue weighted by molar-refractivity contribution is -0.113. The van der Waals surface area contributed by atoms with Gasteiger partial charge in [-0.05, 0) is 52.7 Å². The highest BCUT2D eigenvalue weighted by Gasteiger charge is 2.34. The predicted molar refractivity (Wildman–Crippen MR) is 148 cm³/mol. The zero-order valence-electron chi connectivity index (χ0n) is 18.8. The van der Waals surface area contributed by atoms with E-state index in [1.54, 1.807) is 18.2 Å². The lowest BCUT2D eigenvalue weighted by Crippen LogP contribution is -2.27. The number of halogens is 1. The van der Waals surface area contributed by atoms with Crippen LogP contribution in [0.4, 0.5) is 5.69 Å². The second-order valence-electron chi connectivity index (χ2n) is 8.17. The molecule has 0 saturated carbocycles. The van der Waals surface area contributed by atoms with Crippen molar-refractivity contribution >= 4 is 68.3 Å². The van der Waals surface area contributed by atoms with Gasteiger partial charge >= 0.3 is 0 Å². The molecule has 1 amide bonds. The molecule has 4 aromatic rings. The third-order valence-electron chi connectivity index (χ3n) is 5.92. The van der Waals surface area contributed by atoms with E-state index in [-0.39, 0.29) is 12.7 Å². The first kappa shape index (κ1) is 22.9. The molecule has 2 heterocycles. The number of thiocarbonyl (C=S) groups is 1. The zero-order valence-corrected chi connectivity index (χ0v) is 21.2. The van der Waals surface area contributed by atoms with E-state index in [0.717, 1.165) is 21.9 Å². The van der Waals surface area contributed by atoms with E-state index in [9.17, 15) is 4.79 Å². The molecule has 0 bridgehead atoms. The summed E-state index contributed by atoms with van der Waals surface area (Å²) >= 11 is 12.9. The van der Waals surface area contributed by atoms with Gasteiger partial charge in [-0.3, -0.25) is 9.69 Å². The Hall–Kier alpha value is -3.52. The van der Waals surface area contributed by atoms with Gasteiger partial charge in [-0.15, -0.1) is 0 Å². The summed E-state index contributed by atoms with van der Waals surface area (Å²) in [4.78, 5) is 15.5. The Morgan fingerprint density at radius 1 is 1.00 bits per heavy atom. The second kappa shape index (κ2) is 9.50. The summed E-state index contributed by atoms with van der Waals surface area (Å²) < 4.78 is 17.5. The van der Waals surface area contributed by atoms with Crippen LogP contribution >= 0.6 is 35.6 Å². The Morgan fingerprint density at radius 2 is 1.81 bits per heavy atom. The van der Waals surface area contributed by atoms with Crippen molar-refractivity contribution in [2.24, 2.45) is 0 Å². The largest absolute Gasteiger partial charge is 0.488 e. The zero-order chi connectivity index (χ0) is 24.6. The fourth-order valence-electron chi connectivity index (χ4n) is 4.14. The molecule has 5 nitrogen and oxygen atoms in total. The van der Waals surface area contributed by atoms with Crippen molar-refractivity contribution in [3.8, 4) is 17.2 Å². The number of carbonyl (C=O) groups is 1. The molecule has 1 saturated heterocycles. The number of fused-ring (bicyclic) bond motifs is 2. The van der Waals surface area contributed by atoms with Crippen molar-refractivity contribution in [2.45, 2.75) is 6.61 Å². The molecule has 0 aromatic heterocycles. The Labute approximate surface area is 222 Å². The third kappa shape index (κ3) is 4.30. The van der Waals surface area contributed by atoms with Crippen molar-refractivity contribution in [1.82, 2.24) is 0 Å². The van der Waals surface area contributed by atoms with Gasteiger partial charge in [0.2, 0.25) is 6.79 Å². The summed E-state index contributed by atoms with van der Waals surface area (Å²) in [5.74, 6) is 1.73. The van der Waals surface area contributed by atoms with Crippen molar-refractivity contribution in [3.05, 3.63) is 99.9 Å². The van der Waals surface area contributed by atoms with Crippen LogP contribution in [-0.2, 0) is 11.4 Å². The van der Waals surface area contributed by atoms with Crippen LogP contribution in [0.5, 0.6) is 17.2 Å². The Kier molecular flexibility index (Phi) is 6.05. The second-order valence-corrected chi connectivity index (χ2v) is 10.3. The van der Waals surface area contributed by atoms with Crippen LogP contribution in [0.3, 0.4) is 0 Å². The van der Waals surface area contributed by atoms with E-state index in [1.165, 1.54) is 16.7 Å². The smallest absolute Gasteiger partial charge is 0.270 e. The molecule has 0 unspecified atom stereocenters. The van der Waals surface area contributed by atoms with Crippen LogP contribution in [-0.4, -0.2) is 17.0 Å². The molecule has 2 aliphatic heterocycles. The van der Waals surface area contributed by atoms with Gasteiger partial charge in [-0.2, -0.15) is 0 Å². The molecular weight excluding hydrogens is 514 g/mol. The van der Waals surface area contributed by atoms with Gasteiger partial charge in [0.05, 0.1) is 10.6 Å². The Morgan fingerprint density at radius 3 is 2.67 bits per heavy atom. The van der Waals surface area contributed by atoms with E-state index in [2.05, 4.69) is 0 Å². The normalized spacial score (nSPS) is 15.8. The SMILES string of the molecule is O=C1/C(=C\c2c(OCc3ccc(Cl)cc3)ccc3ccccc23)SC(=S)N1c1ccc2c(c1)OCO2. The van der Waals surface area contributed by atoms with Gasteiger partial charge in [0.25, 0.3) is 5.91 Å². The quantitative estimate of drug-likeness (QED) is 0.200. The van der Waals surface area contributed by atoms with Gasteiger partial charge in [0.15, 0.2) is 15.8 Å². The maximum absolute atomic E-state index is 13.5. The molecular formula is C28H18ClNO4S2. The molecule has 0 radical (unpaired) electrons. The molecule has 36 heavy (non-hydrogen) atoms. The van der Waals surface area contributed by atoms with Crippen molar-refractivity contribution in [2.75, 3.05) is 11.7 Å². The van der Waals surface area contributed by atoms with Gasteiger partial charge in [-0.25, -0.2) is 0 Å². The number of amides is 1. The van der Waals surface area contributed by atoms with E-state index in [0.29, 0.717) is 43.8 Å². The molecule has 6 rings (SSSR count). The third-order valence-corrected chi connectivity index (χ3v) is 7.48. The van der Waals surface area contributed by atoms with Crippen LogP contribution in [0, 0.1) is 0 Å². The maximum Gasteiger partial charge on any atom is 0.270 e. The average Bonchev–Trinajstić information content (AvgIpc) is 3.47. The molecule has 0 aliphatic carbocycles. The number of hydrogen-bond donors (Lipinski definition) is 0. The van der Waals surface area contributed by atoms with E-state index >= 15 is 0 Å². The lowest BCUT2D eigenvalue weighted by atomic mass is 10.0. The Bertz CT molecular complexity index is 1550. The summed E-state index contributed by atoms with van der Waals surface area (Å²) in [5.41, 5.74) is 2.46. The minimum absolute atomic E-state index is 0.164. The van der Waals surface area contributed by atoms with E-state index in [1.807, 2.05) is 66.7 Å². The van der Waals surface area contributed by atoms with Gasteiger partial charge in [0.1, 0.15) is 12.4 Å². The summed E-state index contributed by atoms with van der Waals surface area (Å²) in [6.45, 7) is 0.533. The first-order chi connectivity index (χ1) is 17.6. The molecule has 0 spiro atoms. The van der Waals surface area contributed by atoms with Crippen LogP contribution in [0.2, 0.25) is 5.02 Å². The lowest BCUT2D eigenvalue weighted by Gasteiger charge is -2.15. The topological polar surface area (TPSA) is 48.0 Å². The van der Waals surface area contributed by atoms with Gasteiger partial charge in [0, 0.05) is 16.7 Å². The van der Waals surface area contributed by atoms with Crippen LogP contribution < -0.4 is 19.1 Å². The van der Waals surface area contributed by atoms with Crippen molar-refractivity contribution in [1.29, 1.82) is 0 Å². The minimum atomic E-state index is -0.194. The van der Waals surface area contributed by atoms with E-state index < -0.39 is 0 Å². The summed E-state index contributed by atoms with van der Waals surface area (Å²) in [5, 5.41) is 2.71. The molecule has 0 N–H and O–H groups in total. The first-order valence-corrected chi connectivity index (χ1v) is 12.7. The minimum Gasteiger partial charge on any atom is -0.488 e. The van der Waals surface area contributed by atoms with Crippen molar-refractivity contribution < 1.29 is 19.0 Å². The molecule has 1 fully saturated rings. The van der Waals surface area contributed by atoms with Crippen LogP contribution in [0.1, 0.15) is 11.1 Å². The summed E-state index contributed by atoms with van der Waals surface area (Å²) in [6.07, 6.45) is 1.87. The number of carbonyl (C=O) groups excluding carboxylic acids is 1. The Balaban J connectivity index is 1.36. The maximum atomic E-state index is 13.5. The number of ether oxygens (including phenoxy) is 3. The number of thioether (sulfide) groups is 1. The predicted octanol–water partition coefficient (Wildman–Crippen LogP) is 7.21. The number of rotatable bonds is 5. The molecule has 8 heteroatoms. The highest BCUT2D eigenvalue weighted by molar-refractivity contribution is 8.27. The molecule has 0 atom stereocenters. The number of benzene rings is 4. The fourth-order valence-corrected chi connectivity index (χ4v) is 5.54. The highest BCUT2D eigenvalue weighted by atomic mass is 35.5. The van der Waals surface area contributed by atoms with Crippen molar-refractivity contribution in [3.63, 3.8) is 0 Å². The highest BCUT2D eigenvalue weighted by Crippen LogP contribution is 2.42. The van der Waals surface area contributed by atoms with Gasteiger partial charge in [-0.1, -0.05) is 78.0 Å². The first-order valence-electron chi connectivity index (χ1n) is 11.1. The summed E-state index contributed by atoms with van der Waals surface area (Å²) in [6, 6.07) is 24.9. The monoisotopic (exact) mass is 531 g/mol. The standard InChI is InChI=1S/C28H18ClNO4S2/c29-19-8-5-17(6-9-19)15-32-23-11-7-18-3-1-2-4-21(18)22(23)14-26-27(31)30(28(35)36-26)20-10-12-24-25(13-20)34-16-33-24/h1-14H,15-16H2/b26-14+. The molecule has 178 valence electrons. The fraction of sp³-hybridized carbons (Fsp3) is 0.0714. The molecule has 4 aromatic carbocycles. The molecule has 2 aliphatic rings. The van der Waals surface area contributed by atoms with E-state index in [4.69, 9.17) is 38.0 Å². The number of anilines is 1. The number of hydrogen-bond acceptors (Lipinski definition) is 6. The number of nitrogens with zero attached hydrogens (tertiary/aromatic N) is 1. The average molecular weight is 532 g/mol.